The first-order valence-electron chi connectivity index (χ1n) is 9.89. The summed E-state index contributed by atoms with van der Waals surface area (Å²) in [6.07, 6.45) is -0.715. The lowest BCUT2D eigenvalue weighted by atomic mass is 9.99. The second kappa shape index (κ2) is 9.36. The van der Waals surface area contributed by atoms with Crippen molar-refractivity contribution in [2.45, 2.75) is 78.6 Å². The SMILES string of the molecule is Cc1cc(C(C(=O)NC(C)(C)C)N(C)C(=O)C(C)NC(=O)OC(C)(C)C)ccc1O. The molecule has 0 radical (unpaired) electrons. The molecule has 0 saturated heterocycles. The van der Waals surface area contributed by atoms with Gasteiger partial charge >= 0.3 is 6.09 Å². The van der Waals surface area contributed by atoms with Crippen LogP contribution < -0.4 is 10.6 Å². The number of hydrogen-bond acceptors (Lipinski definition) is 5. The Morgan fingerprint density at radius 1 is 1.10 bits per heavy atom. The second-order valence-electron chi connectivity index (χ2n) is 9.50. The summed E-state index contributed by atoms with van der Waals surface area (Å²) < 4.78 is 5.20. The third-order valence-electron chi connectivity index (χ3n) is 4.12. The van der Waals surface area contributed by atoms with Gasteiger partial charge in [-0.15, -0.1) is 0 Å². The molecule has 0 heterocycles. The van der Waals surface area contributed by atoms with Crippen LogP contribution in [-0.2, 0) is 14.3 Å². The number of amides is 3. The maximum absolute atomic E-state index is 13.1. The number of nitrogens with zero attached hydrogens (tertiary/aromatic N) is 1. The molecule has 0 saturated carbocycles. The molecule has 0 fully saturated rings. The first-order chi connectivity index (χ1) is 13.5. The Morgan fingerprint density at radius 2 is 1.67 bits per heavy atom. The van der Waals surface area contributed by atoms with E-state index in [0.29, 0.717) is 11.1 Å². The summed E-state index contributed by atoms with van der Waals surface area (Å²) in [5, 5.41) is 15.2. The fourth-order valence-electron chi connectivity index (χ4n) is 2.82. The van der Waals surface area contributed by atoms with E-state index in [1.54, 1.807) is 39.8 Å². The molecule has 168 valence electrons. The second-order valence-corrected chi connectivity index (χ2v) is 9.50. The van der Waals surface area contributed by atoms with Gasteiger partial charge in [0.2, 0.25) is 11.8 Å². The molecule has 2 unspecified atom stereocenters. The van der Waals surface area contributed by atoms with Crippen LogP contribution in [-0.4, -0.2) is 52.1 Å². The smallest absolute Gasteiger partial charge is 0.408 e. The van der Waals surface area contributed by atoms with E-state index >= 15 is 0 Å². The molecule has 1 aromatic rings. The summed E-state index contributed by atoms with van der Waals surface area (Å²) in [5.41, 5.74) is -0.0718. The molecule has 8 nitrogen and oxygen atoms in total. The Morgan fingerprint density at radius 3 is 2.13 bits per heavy atom. The Hall–Kier alpha value is -2.77. The van der Waals surface area contributed by atoms with Crippen molar-refractivity contribution in [1.82, 2.24) is 15.5 Å². The number of ether oxygens (including phenoxy) is 1. The highest BCUT2D eigenvalue weighted by Gasteiger charge is 2.33. The Labute approximate surface area is 179 Å². The van der Waals surface area contributed by atoms with Gasteiger partial charge in [0.15, 0.2) is 0 Å². The topological polar surface area (TPSA) is 108 Å². The van der Waals surface area contributed by atoms with E-state index < -0.39 is 35.2 Å². The van der Waals surface area contributed by atoms with Crippen LogP contribution in [0.15, 0.2) is 18.2 Å². The molecule has 30 heavy (non-hydrogen) atoms. The fourth-order valence-corrected chi connectivity index (χ4v) is 2.82. The monoisotopic (exact) mass is 421 g/mol. The number of aryl methyl sites for hydroxylation is 1. The van der Waals surface area contributed by atoms with Crippen molar-refractivity contribution in [3.8, 4) is 5.75 Å². The standard InChI is InChI=1S/C22H35N3O5/c1-13-12-15(10-11-16(13)26)17(18(27)24-21(3,4)5)25(9)19(28)14(2)23-20(29)30-22(6,7)8/h10-12,14,17,26H,1-9H3,(H,23,29)(H,24,27). The number of benzene rings is 1. The fraction of sp³-hybridized carbons (Fsp3) is 0.591. The maximum Gasteiger partial charge on any atom is 0.408 e. The summed E-state index contributed by atoms with van der Waals surface area (Å²) in [5.74, 6) is -0.726. The van der Waals surface area contributed by atoms with Crippen molar-refractivity contribution in [3.05, 3.63) is 29.3 Å². The average Bonchev–Trinajstić information content (AvgIpc) is 2.53. The van der Waals surface area contributed by atoms with E-state index in [1.165, 1.54) is 24.9 Å². The summed E-state index contributed by atoms with van der Waals surface area (Å²) >= 11 is 0. The molecule has 0 aromatic heterocycles. The number of aromatic hydroxyl groups is 1. The van der Waals surface area contributed by atoms with Gasteiger partial charge in [-0.1, -0.05) is 6.07 Å². The predicted octanol–water partition coefficient (Wildman–Crippen LogP) is 3.03. The normalized spacial score (nSPS) is 13.8. The number of phenols is 1. The van der Waals surface area contributed by atoms with E-state index in [1.807, 2.05) is 20.8 Å². The third-order valence-corrected chi connectivity index (χ3v) is 4.12. The van der Waals surface area contributed by atoms with Gasteiger partial charge in [0.05, 0.1) is 0 Å². The van der Waals surface area contributed by atoms with Crippen molar-refractivity contribution in [1.29, 1.82) is 0 Å². The number of hydrogen-bond donors (Lipinski definition) is 3. The first kappa shape index (κ1) is 25.3. The molecule has 0 bridgehead atoms. The summed E-state index contributed by atoms with van der Waals surface area (Å²) in [6, 6.07) is 2.90. The Kier molecular flexibility index (Phi) is 7.89. The van der Waals surface area contributed by atoms with Gasteiger partial charge in [0, 0.05) is 12.6 Å². The number of nitrogens with one attached hydrogen (secondary N) is 2. The molecule has 3 amide bonds. The highest BCUT2D eigenvalue weighted by atomic mass is 16.6. The van der Waals surface area contributed by atoms with Crippen LogP contribution in [0.25, 0.3) is 0 Å². The molecule has 1 aromatic carbocycles. The number of carbonyl (C=O) groups excluding carboxylic acids is 3. The zero-order chi connectivity index (χ0) is 23.4. The van der Waals surface area contributed by atoms with Crippen LogP contribution in [0.1, 0.15) is 65.6 Å². The summed E-state index contributed by atoms with van der Waals surface area (Å²) in [6.45, 7) is 14.0. The molecule has 0 aliphatic rings. The molecule has 1 rings (SSSR count). The van der Waals surface area contributed by atoms with E-state index in [2.05, 4.69) is 10.6 Å². The Balaban J connectivity index is 3.16. The van der Waals surface area contributed by atoms with Gasteiger partial charge in [-0.3, -0.25) is 9.59 Å². The van der Waals surface area contributed by atoms with E-state index in [4.69, 9.17) is 4.74 Å². The van der Waals surface area contributed by atoms with Crippen LogP contribution in [0.5, 0.6) is 5.75 Å². The third kappa shape index (κ3) is 7.57. The van der Waals surface area contributed by atoms with E-state index in [-0.39, 0.29) is 11.7 Å². The molecular weight excluding hydrogens is 386 g/mol. The van der Waals surface area contributed by atoms with Crippen LogP contribution in [0.2, 0.25) is 0 Å². The van der Waals surface area contributed by atoms with E-state index in [0.717, 1.165) is 0 Å². The lowest BCUT2D eigenvalue weighted by Crippen LogP contribution is -2.52. The zero-order valence-electron chi connectivity index (χ0n) is 19.4. The molecular formula is C22H35N3O5. The molecule has 3 N–H and O–H groups in total. The van der Waals surface area contributed by atoms with Crippen molar-refractivity contribution < 1.29 is 24.2 Å². The summed E-state index contributed by atoms with van der Waals surface area (Å²) in [4.78, 5) is 39.4. The number of rotatable bonds is 5. The van der Waals surface area contributed by atoms with Gasteiger partial charge < -0.3 is 25.4 Å². The van der Waals surface area contributed by atoms with Crippen LogP contribution in [0.3, 0.4) is 0 Å². The van der Waals surface area contributed by atoms with Crippen LogP contribution in [0.4, 0.5) is 4.79 Å². The maximum atomic E-state index is 13.1. The summed E-state index contributed by atoms with van der Waals surface area (Å²) in [7, 11) is 1.50. The quantitative estimate of drug-likeness (QED) is 0.677. The number of alkyl carbamates (subject to hydrolysis) is 1. The number of carbonyl (C=O) groups is 3. The highest BCUT2D eigenvalue weighted by molar-refractivity contribution is 5.92. The van der Waals surface area contributed by atoms with Crippen molar-refractivity contribution in [3.63, 3.8) is 0 Å². The van der Waals surface area contributed by atoms with Crippen molar-refractivity contribution >= 4 is 17.9 Å². The minimum absolute atomic E-state index is 0.0997. The zero-order valence-corrected chi connectivity index (χ0v) is 19.4. The Bertz CT molecular complexity index is 793. The van der Waals surface area contributed by atoms with Gasteiger partial charge in [-0.25, -0.2) is 4.79 Å². The van der Waals surface area contributed by atoms with Gasteiger partial charge in [-0.2, -0.15) is 0 Å². The number of likely N-dealkylation sites (N-methyl/N-ethyl adjacent to an activating group) is 1. The first-order valence-corrected chi connectivity index (χ1v) is 9.89. The molecule has 0 spiro atoms. The minimum Gasteiger partial charge on any atom is -0.508 e. The van der Waals surface area contributed by atoms with E-state index in [9.17, 15) is 19.5 Å². The van der Waals surface area contributed by atoms with Gasteiger partial charge in [0.25, 0.3) is 0 Å². The van der Waals surface area contributed by atoms with Crippen molar-refractivity contribution in [2.75, 3.05) is 7.05 Å². The molecule has 8 heteroatoms. The lowest BCUT2D eigenvalue weighted by Gasteiger charge is -2.33. The lowest BCUT2D eigenvalue weighted by molar-refractivity contribution is -0.141. The van der Waals surface area contributed by atoms with Gasteiger partial charge in [-0.05, 0) is 78.6 Å². The largest absolute Gasteiger partial charge is 0.508 e. The average molecular weight is 422 g/mol. The van der Waals surface area contributed by atoms with Crippen LogP contribution in [0, 0.1) is 6.92 Å². The minimum atomic E-state index is -0.945. The molecule has 0 aliphatic carbocycles. The highest BCUT2D eigenvalue weighted by Crippen LogP contribution is 2.26. The van der Waals surface area contributed by atoms with Crippen LogP contribution >= 0.6 is 0 Å². The number of phenolic OH excluding ortho intramolecular Hbond substituents is 1. The van der Waals surface area contributed by atoms with Gasteiger partial charge in [0.1, 0.15) is 23.4 Å². The predicted molar refractivity (Wildman–Crippen MR) is 115 cm³/mol. The van der Waals surface area contributed by atoms with Crippen molar-refractivity contribution in [2.24, 2.45) is 0 Å². The molecule has 2 atom stereocenters. The molecule has 0 aliphatic heterocycles.